The predicted molar refractivity (Wildman–Crippen MR) is 110 cm³/mol. The topological polar surface area (TPSA) is 79.5 Å². The van der Waals surface area contributed by atoms with E-state index in [2.05, 4.69) is 15.0 Å². The molecule has 2 aromatic carbocycles. The molecular weight excluding hydrogens is 388 g/mol. The van der Waals surface area contributed by atoms with E-state index < -0.39 is 10.0 Å². The quantitative estimate of drug-likeness (QED) is 0.641. The van der Waals surface area contributed by atoms with Crippen LogP contribution in [0.25, 0.3) is 11.4 Å². The molecule has 0 saturated carbocycles. The molecule has 3 aromatic rings. The van der Waals surface area contributed by atoms with Crippen molar-refractivity contribution in [3.63, 3.8) is 0 Å². The van der Waals surface area contributed by atoms with Crippen LogP contribution < -0.4 is 0 Å². The molecule has 0 aliphatic carbocycles. The summed E-state index contributed by atoms with van der Waals surface area (Å²) >= 11 is 0. The lowest BCUT2D eigenvalue weighted by molar-refractivity contribution is 0.163. The van der Waals surface area contributed by atoms with E-state index in [1.807, 2.05) is 50.2 Å². The van der Waals surface area contributed by atoms with Crippen molar-refractivity contribution in [1.29, 1.82) is 0 Å². The lowest BCUT2D eigenvalue weighted by Gasteiger charge is -2.33. The first kappa shape index (κ1) is 19.8. The number of hydrogen-bond donors (Lipinski definition) is 0. The fraction of sp³-hybridized carbons (Fsp3) is 0.333. The summed E-state index contributed by atoms with van der Waals surface area (Å²) in [4.78, 5) is 6.99. The number of piperazine rings is 1. The van der Waals surface area contributed by atoms with E-state index in [-0.39, 0.29) is 0 Å². The van der Waals surface area contributed by atoms with Gasteiger partial charge in [-0.25, -0.2) is 8.42 Å². The SMILES string of the molecule is Cc1ccc(S(=O)(=O)N2CCN(Cc3nc(-c4ccccc4C)no3)CC2)cc1. The zero-order valence-corrected chi connectivity index (χ0v) is 17.4. The van der Waals surface area contributed by atoms with Gasteiger partial charge in [-0.05, 0) is 31.5 Å². The normalized spacial score (nSPS) is 16.2. The molecule has 29 heavy (non-hydrogen) atoms. The standard InChI is InChI=1S/C21H24N4O3S/c1-16-7-9-18(10-8-16)29(26,27)25-13-11-24(12-14-25)15-20-22-21(23-28-20)19-6-4-3-5-17(19)2/h3-10H,11-15H2,1-2H3. The van der Waals surface area contributed by atoms with Gasteiger partial charge < -0.3 is 4.52 Å². The molecule has 0 amide bonds. The third-order valence-corrected chi connectivity index (χ3v) is 7.12. The summed E-state index contributed by atoms with van der Waals surface area (Å²) in [6.45, 7) is 6.58. The second kappa shape index (κ2) is 8.06. The van der Waals surface area contributed by atoms with E-state index in [1.165, 1.54) is 0 Å². The Hall–Kier alpha value is -2.55. The van der Waals surface area contributed by atoms with Crippen LogP contribution >= 0.6 is 0 Å². The minimum atomic E-state index is -3.46. The van der Waals surface area contributed by atoms with Crippen molar-refractivity contribution < 1.29 is 12.9 Å². The van der Waals surface area contributed by atoms with Crippen LogP contribution in [0.2, 0.25) is 0 Å². The second-order valence-electron chi connectivity index (χ2n) is 7.32. The Morgan fingerprint density at radius 3 is 2.34 bits per heavy atom. The maximum absolute atomic E-state index is 12.8. The summed E-state index contributed by atoms with van der Waals surface area (Å²) < 4.78 is 32.6. The van der Waals surface area contributed by atoms with Crippen LogP contribution in [0.1, 0.15) is 17.0 Å². The van der Waals surface area contributed by atoms with E-state index in [9.17, 15) is 8.42 Å². The maximum atomic E-state index is 12.8. The summed E-state index contributed by atoms with van der Waals surface area (Å²) in [5.74, 6) is 1.12. The highest BCUT2D eigenvalue weighted by atomic mass is 32.2. The van der Waals surface area contributed by atoms with E-state index in [4.69, 9.17) is 4.52 Å². The monoisotopic (exact) mass is 412 g/mol. The van der Waals surface area contributed by atoms with Crippen LogP contribution in [0.3, 0.4) is 0 Å². The van der Waals surface area contributed by atoms with Crippen LogP contribution in [0, 0.1) is 13.8 Å². The molecule has 0 radical (unpaired) electrons. The summed E-state index contributed by atoms with van der Waals surface area (Å²) in [6.07, 6.45) is 0. The molecule has 4 rings (SSSR count). The molecule has 0 unspecified atom stereocenters. The minimum Gasteiger partial charge on any atom is -0.338 e. The summed E-state index contributed by atoms with van der Waals surface area (Å²) in [6, 6.07) is 14.9. The molecule has 152 valence electrons. The van der Waals surface area contributed by atoms with Gasteiger partial charge in [-0.1, -0.05) is 47.1 Å². The number of nitrogens with zero attached hydrogens (tertiary/aromatic N) is 4. The molecule has 1 saturated heterocycles. The van der Waals surface area contributed by atoms with Gasteiger partial charge in [0.2, 0.25) is 21.7 Å². The molecule has 0 N–H and O–H groups in total. The maximum Gasteiger partial charge on any atom is 0.243 e. The number of benzene rings is 2. The molecule has 0 atom stereocenters. The molecule has 2 heterocycles. The second-order valence-corrected chi connectivity index (χ2v) is 9.26. The Balaban J connectivity index is 1.38. The average molecular weight is 413 g/mol. The number of rotatable bonds is 5. The van der Waals surface area contributed by atoms with Crippen molar-refractivity contribution in [2.75, 3.05) is 26.2 Å². The Labute approximate surface area is 171 Å². The van der Waals surface area contributed by atoms with Gasteiger partial charge in [-0.3, -0.25) is 4.90 Å². The minimum absolute atomic E-state index is 0.344. The van der Waals surface area contributed by atoms with Crippen LogP contribution in [-0.2, 0) is 16.6 Å². The highest BCUT2D eigenvalue weighted by Gasteiger charge is 2.29. The molecule has 0 spiro atoms. The third kappa shape index (κ3) is 4.24. The van der Waals surface area contributed by atoms with Gasteiger partial charge in [-0.2, -0.15) is 9.29 Å². The molecular formula is C21H24N4O3S. The largest absolute Gasteiger partial charge is 0.338 e. The van der Waals surface area contributed by atoms with Crippen LogP contribution in [-0.4, -0.2) is 53.9 Å². The number of aryl methyl sites for hydroxylation is 2. The van der Waals surface area contributed by atoms with Gasteiger partial charge in [0.15, 0.2) is 0 Å². The molecule has 8 heteroatoms. The fourth-order valence-electron chi connectivity index (χ4n) is 3.43. The molecule has 1 aliphatic heterocycles. The van der Waals surface area contributed by atoms with Crippen molar-refractivity contribution in [3.05, 3.63) is 65.5 Å². The Kier molecular flexibility index (Phi) is 5.49. The Morgan fingerprint density at radius 2 is 1.66 bits per heavy atom. The van der Waals surface area contributed by atoms with Gasteiger partial charge in [-0.15, -0.1) is 0 Å². The van der Waals surface area contributed by atoms with E-state index in [1.54, 1.807) is 16.4 Å². The van der Waals surface area contributed by atoms with Crippen molar-refractivity contribution in [3.8, 4) is 11.4 Å². The third-order valence-electron chi connectivity index (χ3n) is 5.20. The zero-order chi connectivity index (χ0) is 20.4. The Bertz CT molecular complexity index is 1090. The lowest BCUT2D eigenvalue weighted by Crippen LogP contribution is -2.48. The van der Waals surface area contributed by atoms with Crippen molar-refractivity contribution in [2.24, 2.45) is 0 Å². The first-order valence-electron chi connectivity index (χ1n) is 9.61. The van der Waals surface area contributed by atoms with Gasteiger partial charge in [0, 0.05) is 31.7 Å². The molecule has 0 bridgehead atoms. The number of aromatic nitrogens is 2. The van der Waals surface area contributed by atoms with Crippen LogP contribution in [0.4, 0.5) is 0 Å². The van der Waals surface area contributed by atoms with Crippen molar-refractivity contribution in [2.45, 2.75) is 25.3 Å². The summed E-state index contributed by atoms with van der Waals surface area (Å²) in [5, 5.41) is 4.09. The number of hydrogen-bond acceptors (Lipinski definition) is 6. The highest BCUT2D eigenvalue weighted by Crippen LogP contribution is 2.21. The van der Waals surface area contributed by atoms with Crippen LogP contribution in [0.15, 0.2) is 57.9 Å². The van der Waals surface area contributed by atoms with Crippen LogP contribution in [0.5, 0.6) is 0 Å². The highest BCUT2D eigenvalue weighted by molar-refractivity contribution is 7.89. The predicted octanol–water partition coefficient (Wildman–Crippen LogP) is 2.86. The van der Waals surface area contributed by atoms with E-state index in [0.717, 1.165) is 16.7 Å². The fourth-order valence-corrected chi connectivity index (χ4v) is 4.85. The van der Waals surface area contributed by atoms with Gasteiger partial charge in [0.1, 0.15) is 0 Å². The van der Waals surface area contributed by atoms with Gasteiger partial charge in [0.25, 0.3) is 0 Å². The summed E-state index contributed by atoms with van der Waals surface area (Å²) in [7, 11) is -3.46. The van der Waals surface area contributed by atoms with Crippen molar-refractivity contribution in [1.82, 2.24) is 19.3 Å². The van der Waals surface area contributed by atoms with Gasteiger partial charge >= 0.3 is 0 Å². The van der Waals surface area contributed by atoms with E-state index in [0.29, 0.717) is 49.3 Å². The van der Waals surface area contributed by atoms with Gasteiger partial charge in [0.05, 0.1) is 11.4 Å². The lowest BCUT2D eigenvalue weighted by atomic mass is 10.1. The molecule has 1 aromatic heterocycles. The first-order valence-corrected chi connectivity index (χ1v) is 11.1. The smallest absolute Gasteiger partial charge is 0.243 e. The first-order chi connectivity index (χ1) is 13.9. The van der Waals surface area contributed by atoms with E-state index >= 15 is 0 Å². The average Bonchev–Trinajstić information content (AvgIpc) is 3.17. The van der Waals surface area contributed by atoms with Crippen molar-refractivity contribution >= 4 is 10.0 Å². The summed E-state index contributed by atoms with van der Waals surface area (Å²) in [5.41, 5.74) is 3.09. The molecule has 7 nitrogen and oxygen atoms in total. The molecule has 1 fully saturated rings. The zero-order valence-electron chi connectivity index (χ0n) is 16.6. The number of sulfonamides is 1. The Morgan fingerprint density at radius 1 is 0.966 bits per heavy atom. The molecule has 1 aliphatic rings.